The Kier molecular flexibility index (Phi) is 56.3. The predicted molar refractivity (Wildman–Crippen MR) is 64.9 cm³/mol. The molecule has 0 aliphatic rings. The average molecular weight is 279 g/mol. The maximum absolute atomic E-state index is 10.1. The first kappa shape index (κ1) is 24.6. The third kappa shape index (κ3) is 105. The fourth-order valence-electron chi connectivity index (χ4n) is 0.360. The van der Waals surface area contributed by atoms with Crippen molar-refractivity contribution in [2.24, 2.45) is 0 Å². The summed E-state index contributed by atoms with van der Waals surface area (Å²) in [5, 5.41) is 14.1. The second kappa shape index (κ2) is 36.6. The summed E-state index contributed by atoms with van der Waals surface area (Å²) in [7, 11) is 1.00. The van der Waals surface area contributed by atoms with Gasteiger partial charge >= 0.3 is 5.97 Å². The minimum Gasteiger partial charge on any atom is -0.483 e. The molecule has 0 bridgehead atoms. The van der Waals surface area contributed by atoms with Crippen LogP contribution in [0.2, 0.25) is 0 Å². The van der Waals surface area contributed by atoms with E-state index in [9.17, 15) is 4.79 Å². The van der Waals surface area contributed by atoms with Gasteiger partial charge in [0.1, 0.15) is 0 Å². The van der Waals surface area contributed by atoms with Gasteiger partial charge in [-0.3, -0.25) is 9.59 Å². The van der Waals surface area contributed by atoms with Gasteiger partial charge in [-0.2, -0.15) is 0 Å². The van der Waals surface area contributed by atoms with Crippen LogP contribution in [0.25, 0.3) is 0 Å². The third-order valence-electron chi connectivity index (χ3n) is 0.803. The molecule has 0 aromatic heterocycles. The maximum Gasteiger partial charge on any atom is 0.302 e. The summed E-state index contributed by atoms with van der Waals surface area (Å²) in [5.74, 6) is -0.182. The summed E-state index contributed by atoms with van der Waals surface area (Å²) in [4.78, 5) is 18.5. The summed E-state index contributed by atoms with van der Waals surface area (Å²) in [6.07, 6.45) is 2.05. The van der Waals surface area contributed by atoms with Crippen LogP contribution in [0.15, 0.2) is 0 Å². The number of halogens is 2. The molecule has 0 fully saturated rings. The van der Waals surface area contributed by atoms with Crippen LogP contribution >= 0.6 is 23.2 Å². The summed E-state index contributed by atoms with van der Waals surface area (Å²) in [5.41, 5.74) is 0. The number of esters is 1. The van der Waals surface area contributed by atoms with E-state index in [1.54, 1.807) is 0 Å². The van der Waals surface area contributed by atoms with Gasteiger partial charge in [0, 0.05) is 14.0 Å². The quantitative estimate of drug-likeness (QED) is 0.357. The van der Waals surface area contributed by atoms with Crippen molar-refractivity contribution >= 4 is 35.6 Å². The predicted octanol–water partition coefficient (Wildman–Crippen LogP) is 2.08. The monoisotopic (exact) mass is 278 g/mol. The zero-order valence-electron chi connectivity index (χ0n) is 9.78. The van der Waals surface area contributed by atoms with Gasteiger partial charge in [0.05, 0.1) is 11.9 Å². The highest BCUT2D eigenvalue weighted by Crippen LogP contribution is 1.86. The van der Waals surface area contributed by atoms with Crippen LogP contribution in [0.5, 0.6) is 0 Å². The maximum atomic E-state index is 10.1. The molecule has 5 nitrogen and oxygen atoms in total. The Morgan fingerprint density at radius 1 is 1.38 bits per heavy atom. The number of aliphatic hydroxyl groups is 1. The zero-order valence-corrected chi connectivity index (χ0v) is 11.3. The SMILES string of the molecule is CCCCOC(C)=O.CO.ClCCl.O=CO. The second-order valence-electron chi connectivity index (χ2n) is 1.90. The molecule has 2 N–H and O–H groups in total. The molecule has 0 saturated heterocycles. The van der Waals surface area contributed by atoms with Crippen LogP contribution in [0.1, 0.15) is 26.7 Å². The number of ether oxygens (including phenoxy) is 1. The van der Waals surface area contributed by atoms with Crippen molar-refractivity contribution < 1.29 is 24.5 Å². The van der Waals surface area contributed by atoms with Gasteiger partial charge in [-0.15, -0.1) is 23.2 Å². The van der Waals surface area contributed by atoms with Gasteiger partial charge in [0.15, 0.2) is 0 Å². The zero-order chi connectivity index (χ0) is 13.8. The molecule has 0 heterocycles. The van der Waals surface area contributed by atoms with Crippen molar-refractivity contribution in [3.05, 3.63) is 0 Å². The Morgan fingerprint density at radius 3 is 1.88 bits per heavy atom. The molecule has 0 aromatic rings. The lowest BCUT2D eigenvalue weighted by molar-refractivity contribution is -0.141. The number of hydrogen-bond acceptors (Lipinski definition) is 4. The molecule has 0 aromatic carbocycles. The lowest BCUT2D eigenvalue weighted by Crippen LogP contribution is -1.99. The van der Waals surface area contributed by atoms with E-state index in [0.717, 1.165) is 20.0 Å². The van der Waals surface area contributed by atoms with Crippen molar-refractivity contribution in [1.29, 1.82) is 0 Å². The highest BCUT2D eigenvalue weighted by molar-refractivity contribution is 6.40. The van der Waals surface area contributed by atoms with Crippen molar-refractivity contribution in [2.45, 2.75) is 26.7 Å². The van der Waals surface area contributed by atoms with Crippen LogP contribution in [-0.4, -0.2) is 41.7 Å². The molecule has 0 saturated carbocycles. The van der Waals surface area contributed by atoms with E-state index in [0.29, 0.717) is 6.61 Å². The summed E-state index contributed by atoms with van der Waals surface area (Å²) < 4.78 is 4.64. The van der Waals surface area contributed by atoms with E-state index in [2.05, 4.69) is 11.7 Å². The molecule has 100 valence electrons. The fraction of sp³-hybridized carbons (Fsp3) is 0.778. The Bertz CT molecular complexity index is 122. The average Bonchev–Trinajstić information content (AvgIpc) is 2.23. The van der Waals surface area contributed by atoms with Crippen LogP contribution < -0.4 is 0 Å². The summed E-state index contributed by atoms with van der Waals surface area (Å²) in [6, 6.07) is 0. The van der Waals surface area contributed by atoms with Gasteiger partial charge in [0.2, 0.25) is 0 Å². The third-order valence-corrected chi connectivity index (χ3v) is 0.803. The lowest BCUT2D eigenvalue weighted by atomic mass is 10.4. The van der Waals surface area contributed by atoms with E-state index in [1.807, 2.05) is 0 Å². The molecular formula is C9H20Cl2O5. The van der Waals surface area contributed by atoms with Gasteiger partial charge in [-0.05, 0) is 6.42 Å². The molecule has 0 aliphatic heterocycles. The van der Waals surface area contributed by atoms with Crippen molar-refractivity contribution in [3.8, 4) is 0 Å². The Morgan fingerprint density at radius 2 is 1.69 bits per heavy atom. The molecular weight excluding hydrogens is 259 g/mol. The van der Waals surface area contributed by atoms with Crippen molar-refractivity contribution in [3.63, 3.8) is 0 Å². The minimum atomic E-state index is -0.250. The Labute approximate surface area is 106 Å². The first-order chi connectivity index (χ1) is 7.60. The standard InChI is InChI=1S/C6H12O2.CH2Cl2.CH2O2.CH4O/c1-3-4-5-8-6(2)7;2*2-1-3;1-2/h3-5H2,1-2H3;1H2;1H,(H,2,3);2H,1H3. The van der Waals surface area contributed by atoms with E-state index >= 15 is 0 Å². The Hall–Kier alpha value is -0.520. The summed E-state index contributed by atoms with van der Waals surface area (Å²) >= 11 is 9.53. The smallest absolute Gasteiger partial charge is 0.302 e. The number of unbranched alkanes of at least 4 members (excludes halogenated alkanes) is 1. The van der Waals surface area contributed by atoms with E-state index < -0.39 is 0 Å². The number of carboxylic acid groups (broad SMARTS) is 1. The molecule has 0 amide bonds. The fourth-order valence-corrected chi connectivity index (χ4v) is 0.360. The van der Waals surface area contributed by atoms with Gasteiger partial charge in [0.25, 0.3) is 6.47 Å². The number of hydrogen-bond donors (Lipinski definition) is 2. The normalized spacial score (nSPS) is 6.62. The van der Waals surface area contributed by atoms with Crippen molar-refractivity contribution in [1.82, 2.24) is 0 Å². The second-order valence-corrected chi connectivity index (χ2v) is 2.71. The van der Waals surface area contributed by atoms with Gasteiger partial charge < -0.3 is 14.9 Å². The molecule has 0 atom stereocenters. The van der Waals surface area contributed by atoms with Crippen LogP contribution in [-0.2, 0) is 14.3 Å². The number of rotatable bonds is 3. The topological polar surface area (TPSA) is 83.8 Å². The highest BCUT2D eigenvalue weighted by atomic mass is 35.5. The molecule has 16 heavy (non-hydrogen) atoms. The van der Waals surface area contributed by atoms with Gasteiger partial charge in [-0.25, -0.2) is 0 Å². The highest BCUT2D eigenvalue weighted by Gasteiger charge is 1.88. The van der Waals surface area contributed by atoms with Crippen LogP contribution in [0, 0.1) is 0 Å². The number of alkyl halides is 2. The number of carbonyl (C=O) groups is 2. The number of aliphatic hydroxyl groups excluding tert-OH is 1. The Balaban J connectivity index is -0.0000000752. The molecule has 0 aliphatic carbocycles. The van der Waals surface area contributed by atoms with Crippen LogP contribution in [0.3, 0.4) is 0 Å². The van der Waals surface area contributed by atoms with Gasteiger partial charge in [-0.1, -0.05) is 13.3 Å². The molecule has 0 rings (SSSR count). The molecule has 0 spiro atoms. The first-order valence-electron chi connectivity index (χ1n) is 4.38. The van der Waals surface area contributed by atoms with E-state index in [-0.39, 0.29) is 17.8 Å². The minimum absolute atomic E-state index is 0.182. The number of carbonyl (C=O) groups excluding carboxylic acids is 1. The van der Waals surface area contributed by atoms with Crippen LogP contribution in [0.4, 0.5) is 0 Å². The largest absolute Gasteiger partial charge is 0.483 e. The van der Waals surface area contributed by atoms with Crippen molar-refractivity contribution in [2.75, 3.05) is 19.1 Å². The molecule has 0 unspecified atom stereocenters. The van der Waals surface area contributed by atoms with E-state index in [4.69, 9.17) is 38.2 Å². The summed E-state index contributed by atoms with van der Waals surface area (Å²) in [6.45, 7) is 3.81. The molecule has 0 radical (unpaired) electrons. The lowest BCUT2D eigenvalue weighted by Gasteiger charge is -1.96. The van der Waals surface area contributed by atoms with E-state index in [1.165, 1.54) is 6.92 Å². The first-order valence-corrected chi connectivity index (χ1v) is 5.45. The molecule has 7 heteroatoms.